The van der Waals surface area contributed by atoms with Gasteiger partial charge in [0, 0.05) is 17.1 Å². The van der Waals surface area contributed by atoms with E-state index >= 15 is 0 Å². The molecule has 0 aliphatic carbocycles. The minimum atomic E-state index is 0.751. The van der Waals surface area contributed by atoms with E-state index in [9.17, 15) is 0 Å². The average Bonchev–Trinajstić information content (AvgIpc) is 2.67. The zero-order chi connectivity index (χ0) is 9.71. The van der Waals surface area contributed by atoms with Gasteiger partial charge in [-0.1, -0.05) is 18.2 Å². The molecule has 0 unspecified atom stereocenters. The topological polar surface area (TPSA) is 43.8 Å². The molecule has 0 saturated heterocycles. The van der Waals surface area contributed by atoms with Crippen LogP contribution in [0.2, 0.25) is 0 Å². The maximum atomic E-state index is 5.91. The molecule has 3 nitrogen and oxygen atoms in total. The van der Waals surface area contributed by atoms with E-state index < -0.39 is 0 Å². The Kier molecular flexibility index (Phi) is 1.39. The molecule has 1 aromatic carbocycles. The number of hydrogen-bond donors (Lipinski definition) is 1. The minimum Gasteiger partial charge on any atom is -0.383 e. The highest BCUT2D eigenvalue weighted by Gasteiger charge is 2.11. The number of nitrogens with two attached hydrogens (primary N) is 1. The van der Waals surface area contributed by atoms with E-state index in [0.29, 0.717) is 0 Å². The molecule has 0 aliphatic rings. The molecule has 0 radical (unpaired) electrons. The molecule has 2 aromatic heterocycles. The third-order valence-corrected chi connectivity index (χ3v) is 3.58. The molecule has 0 atom stereocenters. The van der Waals surface area contributed by atoms with E-state index in [1.54, 1.807) is 16.0 Å². The predicted octanol–water partition coefficient (Wildman–Crippen LogP) is 2.37. The third-order valence-electron chi connectivity index (χ3n) is 2.40. The highest BCUT2D eigenvalue weighted by Crippen LogP contribution is 2.35. The van der Waals surface area contributed by atoms with Gasteiger partial charge in [-0.2, -0.15) is 5.10 Å². The molecule has 0 aliphatic heterocycles. The van der Waals surface area contributed by atoms with Gasteiger partial charge in [0.2, 0.25) is 0 Å². The van der Waals surface area contributed by atoms with Crippen LogP contribution in [-0.4, -0.2) is 9.78 Å². The molecule has 3 aromatic rings. The number of thiophene rings is 1. The van der Waals surface area contributed by atoms with Gasteiger partial charge in [-0.15, -0.1) is 11.3 Å². The summed E-state index contributed by atoms with van der Waals surface area (Å²) >= 11 is 1.70. The van der Waals surface area contributed by atoms with Gasteiger partial charge in [-0.05, 0) is 6.07 Å². The lowest BCUT2D eigenvalue weighted by atomic mass is 10.2. The average molecular weight is 203 g/mol. The Balaban J connectivity index is 2.60. The van der Waals surface area contributed by atoms with E-state index in [1.165, 1.54) is 10.1 Å². The molecule has 2 heterocycles. The molecular weight excluding hydrogens is 194 g/mol. The van der Waals surface area contributed by atoms with Gasteiger partial charge in [0.15, 0.2) is 0 Å². The van der Waals surface area contributed by atoms with E-state index in [0.717, 1.165) is 16.0 Å². The Morgan fingerprint density at radius 2 is 2.14 bits per heavy atom. The molecule has 0 bridgehead atoms. The number of aryl methyl sites for hydroxylation is 1. The summed E-state index contributed by atoms with van der Waals surface area (Å²) in [5.74, 6) is 0.751. The number of aromatic nitrogens is 2. The first-order valence-electron chi connectivity index (χ1n) is 4.37. The van der Waals surface area contributed by atoms with Gasteiger partial charge in [-0.3, -0.25) is 4.68 Å². The predicted molar refractivity (Wildman–Crippen MR) is 60.5 cm³/mol. The molecule has 2 N–H and O–H groups in total. The number of anilines is 1. The zero-order valence-electron chi connectivity index (χ0n) is 7.69. The van der Waals surface area contributed by atoms with Crippen LogP contribution in [0.1, 0.15) is 0 Å². The van der Waals surface area contributed by atoms with E-state index in [-0.39, 0.29) is 0 Å². The van der Waals surface area contributed by atoms with Crippen molar-refractivity contribution in [3.63, 3.8) is 0 Å². The molecule has 0 saturated carbocycles. The summed E-state index contributed by atoms with van der Waals surface area (Å²) in [5.41, 5.74) is 6.93. The van der Waals surface area contributed by atoms with Crippen LogP contribution in [0, 0.1) is 0 Å². The molecular formula is C10H9N3S. The molecule has 14 heavy (non-hydrogen) atoms. The Morgan fingerprint density at radius 1 is 1.36 bits per heavy atom. The largest absolute Gasteiger partial charge is 0.383 e. The number of fused-ring (bicyclic) bond motifs is 3. The van der Waals surface area contributed by atoms with E-state index in [4.69, 9.17) is 5.73 Å². The Morgan fingerprint density at radius 3 is 3.00 bits per heavy atom. The van der Waals surface area contributed by atoms with Crippen molar-refractivity contribution in [3.8, 4) is 0 Å². The van der Waals surface area contributed by atoms with Crippen molar-refractivity contribution < 1.29 is 0 Å². The number of hydrogen-bond acceptors (Lipinski definition) is 3. The van der Waals surface area contributed by atoms with Crippen LogP contribution in [-0.2, 0) is 7.05 Å². The Hall–Kier alpha value is -1.55. The fourth-order valence-corrected chi connectivity index (χ4v) is 2.78. The molecule has 70 valence electrons. The van der Waals surface area contributed by atoms with E-state index in [1.807, 2.05) is 19.2 Å². The number of rotatable bonds is 0. The lowest BCUT2D eigenvalue weighted by molar-refractivity contribution is 0.792. The summed E-state index contributed by atoms with van der Waals surface area (Å²) in [6.45, 7) is 0. The van der Waals surface area contributed by atoms with Crippen LogP contribution in [0.15, 0.2) is 24.3 Å². The van der Waals surface area contributed by atoms with Crippen molar-refractivity contribution in [1.82, 2.24) is 9.78 Å². The molecule has 4 heteroatoms. The van der Waals surface area contributed by atoms with Crippen LogP contribution in [0.3, 0.4) is 0 Å². The number of benzene rings is 1. The quantitative estimate of drug-likeness (QED) is 0.609. The second-order valence-corrected chi connectivity index (χ2v) is 4.34. The fraction of sp³-hybridized carbons (Fsp3) is 0.100. The molecule has 0 spiro atoms. The van der Waals surface area contributed by atoms with Crippen molar-refractivity contribution in [2.24, 2.45) is 7.05 Å². The number of nitrogen functional groups attached to an aromatic ring is 1. The van der Waals surface area contributed by atoms with Crippen LogP contribution in [0.25, 0.3) is 20.3 Å². The minimum absolute atomic E-state index is 0.751. The summed E-state index contributed by atoms with van der Waals surface area (Å²) in [4.78, 5) is 0. The standard InChI is InChI=1S/C10H9N3S/c1-13-10(11)9-8(12-13)6-4-2-3-5-7(6)14-9/h2-5H,11H2,1H3. The third kappa shape index (κ3) is 0.834. The first kappa shape index (κ1) is 7.82. The highest BCUT2D eigenvalue weighted by molar-refractivity contribution is 7.26. The van der Waals surface area contributed by atoms with Gasteiger partial charge >= 0.3 is 0 Å². The second kappa shape index (κ2) is 2.48. The first-order chi connectivity index (χ1) is 6.77. The maximum absolute atomic E-state index is 5.91. The molecule has 3 rings (SSSR count). The lowest BCUT2D eigenvalue weighted by Gasteiger charge is -1.91. The van der Waals surface area contributed by atoms with Gasteiger partial charge in [-0.25, -0.2) is 0 Å². The molecule has 0 fully saturated rings. The summed E-state index contributed by atoms with van der Waals surface area (Å²) in [6, 6.07) is 8.25. The van der Waals surface area contributed by atoms with Crippen molar-refractivity contribution in [2.45, 2.75) is 0 Å². The second-order valence-electron chi connectivity index (χ2n) is 3.28. The monoisotopic (exact) mass is 203 g/mol. The first-order valence-corrected chi connectivity index (χ1v) is 5.19. The van der Waals surface area contributed by atoms with Crippen molar-refractivity contribution in [3.05, 3.63) is 24.3 Å². The van der Waals surface area contributed by atoms with Gasteiger partial charge in [0.05, 0.1) is 4.70 Å². The van der Waals surface area contributed by atoms with Crippen molar-refractivity contribution >= 4 is 37.5 Å². The van der Waals surface area contributed by atoms with Crippen LogP contribution >= 0.6 is 11.3 Å². The van der Waals surface area contributed by atoms with Crippen LogP contribution < -0.4 is 5.73 Å². The van der Waals surface area contributed by atoms with Crippen molar-refractivity contribution in [1.29, 1.82) is 0 Å². The number of nitrogens with zero attached hydrogens (tertiary/aromatic N) is 2. The Bertz CT molecular complexity index is 621. The SMILES string of the molecule is Cn1nc2c(sc3ccccc32)c1N. The normalized spacial score (nSPS) is 11.5. The van der Waals surface area contributed by atoms with Crippen LogP contribution in [0.4, 0.5) is 5.82 Å². The smallest absolute Gasteiger partial charge is 0.139 e. The van der Waals surface area contributed by atoms with Gasteiger partial charge in [0.25, 0.3) is 0 Å². The van der Waals surface area contributed by atoms with Gasteiger partial charge in [0.1, 0.15) is 11.3 Å². The van der Waals surface area contributed by atoms with Gasteiger partial charge < -0.3 is 5.73 Å². The summed E-state index contributed by atoms with van der Waals surface area (Å²) < 4.78 is 4.07. The molecule has 0 amide bonds. The van der Waals surface area contributed by atoms with E-state index in [2.05, 4.69) is 17.2 Å². The Labute approximate surface area is 84.7 Å². The maximum Gasteiger partial charge on any atom is 0.139 e. The zero-order valence-corrected chi connectivity index (χ0v) is 8.51. The lowest BCUT2D eigenvalue weighted by Crippen LogP contribution is -1.96. The highest BCUT2D eigenvalue weighted by atomic mass is 32.1. The van der Waals surface area contributed by atoms with Crippen molar-refractivity contribution in [2.75, 3.05) is 5.73 Å². The summed E-state index contributed by atoms with van der Waals surface area (Å²) in [6.07, 6.45) is 0. The summed E-state index contributed by atoms with van der Waals surface area (Å²) in [7, 11) is 1.87. The van der Waals surface area contributed by atoms with Crippen LogP contribution in [0.5, 0.6) is 0 Å². The fourth-order valence-electron chi connectivity index (χ4n) is 1.66. The summed E-state index contributed by atoms with van der Waals surface area (Å²) in [5, 5.41) is 5.60.